The van der Waals surface area contributed by atoms with Gasteiger partial charge in [-0.05, 0) is 47.9 Å². The van der Waals surface area contributed by atoms with Crippen molar-refractivity contribution in [2.24, 2.45) is 0 Å². The van der Waals surface area contributed by atoms with Crippen LogP contribution in [0.4, 0.5) is 10.2 Å². The summed E-state index contributed by atoms with van der Waals surface area (Å²) in [6, 6.07) is 13.7. The van der Waals surface area contributed by atoms with Crippen molar-refractivity contribution in [2.75, 3.05) is 11.9 Å². The summed E-state index contributed by atoms with van der Waals surface area (Å²) in [5.74, 6) is -0.0600. The average Bonchev–Trinajstić information content (AvgIpc) is 3.33. The lowest BCUT2D eigenvalue weighted by atomic mass is 10.1. The van der Waals surface area contributed by atoms with Gasteiger partial charge in [0, 0.05) is 37.2 Å². The molecule has 4 rings (SSSR count). The summed E-state index contributed by atoms with van der Waals surface area (Å²) in [5.41, 5.74) is 3.69. The van der Waals surface area contributed by atoms with Gasteiger partial charge in [0.25, 0.3) is 5.91 Å². The lowest BCUT2D eigenvalue weighted by Gasteiger charge is -2.13. The number of H-pyrrole nitrogens is 1. The summed E-state index contributed by atoms with van der Waals surface area (Å²) in [5, 5.41) is 12.8. The van der Waals surface area contributed by atoms with E-state index in [0.29, 0.717) is 36.6 Å². The number of aromatic amines is 1. The number of anilines is 1. The third-order valence-electron chi connectivity index (χ3n) is 4.70. The van der Waals surface area contributed by atoms with E-state index in [1.54, 1.807) is 43.0 Å². The van der Waals surface area contributed by atoms with Crippen LogP contribution >= 0.6 is 0 Å². The van der Waals surface area contributed by atoms with Gasteiger partial charge in [-0.15, -0.1) is 0 Å². The maximum Gasteiger partial charge on any atom is 0.255 e. The van der Waals surface area contributed by atoms with Gasteiger partial charge < -0.3 is 10.6 Å². The molecule has 0 aliphatic heterocycles. The van der Waals surface area contributed by atoms with Gasteiger partial charge in [0.05, 0.1) is 17.5 Å². The molecule has 0 saturated carbocycles. The number of amides is 1. The Labute approximate surface area is 178 Å². The smallest absolute Gasteiger partial charge is 0.255 e. The molecule has 1 amide bonds. The Morgan fingerprint density at radius 3 is 2.74 bits per heavy atom. The molecule has 3 N–H and O–H groups in total. The number of halogens is 1. The SMILES string of the molecule is O=C(NCc1cccnc1)c1ccc(-c2cn[nH]c2)nc1NCCc1cccc(F)c1. The highest BCUT2D eigenvalue weighted by Crippen LogP contribution is 2.21. The van der Waals surface area contributed by atoms with Crippen LogP contribution in [0.25, 0.3) is 11.3 Å². The van der Waals surface area contributed by atoms with E-state index in [0.717, 1.165) is 16.7 Å². The molecule has 3 aromatic heterocycles. The Bertz CT molecular complexity index is 1150. The summed E-state index contributed by atoms with van der Waals surface area (Å²) in [6.07, 6.45) is 7.39. The Morgan fingerprint density at radius 2 is 1.97 bits per heavy atom. The lowest BCUT2D eigenvalue weighted by molar-refractivity contribution is 0.0951. The summed E-state index contributed by atoms with van der Waals surface area (Å²) < 4.78 is 13.4. The largest absolute Gasteiger partial charge is 0.369 e. The van der Waals surface area contributed by atoms with Crippen LogP contribution in [0.5, 0.6) is 0 Å². The normalized spacial score (nSPS) is 10.6. The van der Waals surface area contributed by atoms with Crippen molar-refractivity contribution in [1.29, 1.82) is 0 Å². The van der Waals surface area contributed by atoms with E-state index >= 15 is 0 Å². The van der Waals surface area contributed by atoms with Crippen LogP contribution < -0.4 is 10.6 Å². The molecule has 0 bridgehead atoms. The molecule has 0 atom stereocenters. The van der Waals surface area contributed by atoms with Crippen molar-refractivity contribution >= 4 is 11.7 Å². The molecule has 156 valence electrons. The van der Waals surface area contributed by atoms with E-state index in [2.05, 4.69) is 30.8 Å². The van der Waals surface area contributed by atoms with Gasteiger partial charge >= 0.3 is 0 Å². The lowest BCUT2D eigenvalue weighted by Crippen LogP contribution is -2.24. The van der Waals surface area contributed by atoms with E-state index in [-0.39, 0.29) is 11.7 Å². The van der Waals surface area contributed by atoms with Crippen molar-refractivity contribution in [1.82, 2.24) is 25.5 Å². The van der Waals surface area contributed by atoms with Gasteiger partial charge in [-0.3, -0.25) is 14.9 Å². The van der Waals surface area contributed by atoms with Gasteiger partial charge in [-0.1, -0.05) is 18.2 Å². The maximum atomic E-state index is 13.4. The Morgan fingerprint density at radius 1 is 1.06 bits per heavy atom. The van der Waals surface area contributed by atoms with Crippen molar-refractivity contribution in [2.45, 2.75) is 13.0 Å². The van der Waals surface area contributed by atoms with Crippen LogP contribution in [-0.4, -0.2) is 32.6 Å². The molecule has 0 unspecified atom stereocenters. The summed E-state index contributed by atoms with van der Waals surface area (Å²) >= 11 is 0. The van der Waals surface area contributed by atoms with Crippen molar-refractivity contribution in [3.8, 4) is 11.3 Å². The Kier molecular flexibility index (Phi) is 6.27. The number of rotatable bonds is 8. The predicted molar refractivity (Wildman–Crippen MR) is 116 cm³/mol. The number of nitrogens with zero attached hydrogens (tertiary/aromatic N) is 3. The van der Waals surface area contributed by atoms with E-state index < -0.39 is 0 Å². The predicted octanol–water partition coefficient (Wildman–Crippen LogP) is 3.59. The van der Waals surface area contributed by atoms with Crippen molar-refractivity contribution < 1.29 is 9.18 Å². The minimum Gasteiger partial charge on any atom is -0.369 e. The molecular weight excluding hydrogens is 395 g/mol. The van der Waals surface area contributed by atoms with Crippen molar-refractivity contribution in [3.63, 3.8) is 0 Å². The molecule has 4 aromatic rings. The first-order chi connectivity index (χ1) is 15.2. The Hall–Kier alpha value is -4.07. The minimum atomic E-state index is -0.270. The molecule has 0 radical (unpaired) electrons. The number of nitrogens with one attached hydrogen (secondary N) is 3. The molecular formula is C23H21FN6O. The topological polar surface area (TPSA) is 95.6 Å². The minimum absolute atomic E-state index is 0.247. The highest BCUT2D eigenvalue weighted by atomic mass is 19.1. The van der Waals surface area contributed by atoms with Gasteiger partial charge in [-0.2, -0.15) is 5.10 Å². The molecule has 0 aliphatic rings. The molecule has 0 aliphatic carbocycles. The second-order valence-corrected chi connectivity index (χ2v) is 6.93. The number of hydrogen-bond donors (Lipinski definition) is 3. The fourth-order valence-electron chi connectivity index (χ4n) is 3.13. The van der Waals surface area contributed by atoms with Gasteiger partial charge in [-0.25, -0.2) is 9.37 Å². The molecule has 0 saturated heterocycles. The number of hydrogen-bond acceptors (Lipinski definition) is 5. The third-order valence-corrected chi connectivity index (χ3v) is 4.70. The average molecular weight is 416 g/mol. The fraction of sp³-hybridized carbons (Fsp3) is 0.130. The van der Waals surface area contributed by atoms with Crippen LogP contribution in [0.15, 0.2) is 73.3 Å². The highest BCUT2D eigenvalue weighted by molar-refractivity contribution is 5.99. The van der Waals surface area contributed by atoms with E-state index in [1.807, 2.05) is 18.2 Å². The third kappa shape index (κ3) is 5.30. The molecule has 0 fully saturated rings. The van der Waals surface area contributed by atoms with Crippen LogP contribution in [-0.2, 0) is 13.0 Å². The standard InChI is InChI=1S/C23H21FN6O/c24-19-5-1-3-16(11-19)8-10-26-22-20(6-7-21(30-22)18-14-28-29-15-18)23(31)27-13-17-4-2-9-25-12-17/h1-7,9,11-12,14-15H,8,10,13H2,(H,26,30)(H,27,31)(H,28,29). The monoisotopic (exact) mass is 416 g/mol. The molecule has 3 heterocycles. The number of benzene rings is 1. The second kappa shape index (κ2) is 9.62. The number of carbonyl (C=O) groups is 1. The second-order valence-electron chi connectivity index (χ2n) is 6.93. The first-order valence-electron chi connectivity index (χ1n) is 9.84. The van der Waals surface area contributed by atoms with E-state index in [1.165, 1.54) is 12.1 Å². The number of aromatic nitrogens is 4. The van der Waals surface area contributed by atoms with Crippen LogP contribution in [0.2, 0.25) is 0 Å². The summed E-state index contributed by atoms with van der Waals surface area (Å²) in [4.78, 5) is 21.5. The number of pyridine rings is 2. The van der Waals surface area contributed by atoms with Crippen LogP contribution in [0, 0.1) is 5.82 Å². The quantitative estimate of drug-likeness (QED) is 0.408. The molecule has 31 heavy (non-hydrogen) atoms. The first-order valence-corrected chi connectivity index (χ1v) is 9.84. The first kappa shape index (κ1) is 20.2. The zero-order valence-corrected chi connectivity index (χ0v) is 16.7. The van der Waals surface area contributed by atoms with E-state index in [9.17, 15) is 9.18 Å². The fourth-order valence-corrected chi connectivity index (χ4v) is 3.13. The zero-order valence-electron chi connectivity index (χ0n) is 16.7. The molecule has 1 aromatic carbocycles. The van der Waals surface area contributed by atoms with Gasteiger partial charge in [0.15, 0.2) is 0 Å². The molecule has 0 spiro atoms. The van der Waals surface area contributed by atoms with Crippen molar-refractivity contribution in [3.05, 3.63) is 95.8 Å². The van der Waals surface area contributed by atoms with Gasteiger partial charge in [0.1, 0.15) is 11.6 Å². The van der Waals surface area contributed by atoms with E-state index in [4.69, 9.17) is 0 Å². The van der Waals surface area contributed by atoms with Crippen LogP contribution in [0.1, 0.15) is 21.5 Å². The molecule has 7 nitrogen and oxygen atoms in total. The number of carbonyl (C=O) groups excluding carboxylic acids is 1. The Balaban J connectivity index is 1.51. The van der Waals surface area contributed by atoms with Crippen LogP contribution in [0.3, 0.4) is 0 Å². The van der Waals surface area contributed by atoms with Gasteiger partial charge in [0.2, 0.25) is 0 Å². The summed E-state index contributed by atoms with van der Waals surface area (Å²) in [7, 11) is 0. The highest BCUT2D eigenvalue weighted by Gasteiger charge is 2.15. The summed E-state index contributed by atoms with van der Waals surface area (Å²) in [6.45, 7) is 0.854. The maximum absolute atomic E-state index is 13.4. The molecule has 8 heteroatoms. The zero-order chi connectivity index (χ0) is 21.5.